The highest BCUT2D eigenvalue weighted by atomic mass is 16.5. The molecule has 0 saturated carbocycles. The van der Waals surface area contributed by atoms with Crippen LogP contribution in [0.25, 0.3) is 11.1 Å². The van der Waals surface area contributed by atoms with Crippen LogP contribution in [0.3, 0.4) is 0 Å². The van der Waals surface area contributed by atoms with Crippen LogP contribution in [-0.2, 0) is 4.79 Å². The molecule has 7 nitrogen and oxygen atoms in total. The SMILES string of the molecule is COc1cccc(NC2C(=O)N(c3ccc(-c4cn[nH]c4)cc3)CC23CNC3)c1. The number of benzene rings is 2. The maximum Gasteiger partial charge on any atom is 0.250 e. The summed E-state index contributed by atoms with van der Waals surface area (Å²) in [6.45, 7) is 2.35. The average molecular weight is 389 g/mol. The maximum absolute atomic E-state index is 13.4. The molecule has 1 atom stereocenters. The molecule has 1 spiro atoms. The lowest BCUT2D eigenvalue weighted by molar-refractivity contribution is -0.119. The lowest BCUT2D eigenvalue weighted by Crippen LogP contribution is -2.62. The predicted molar refractivity (Wildman–Crippen MR) is 112 cm³/mol. The third-order valence-electron chi connectivity index (χ3n) is 5.94. The largest absolute Gasteiger partial charge is 0.497 e. The van der Waals surface area contributed by atoms with Crippen molar-refractivity contribution < 1.29 is 9.53 Å². The number of carbonyl (C=O) groups is 1. The van der Waals surface area contributed by atoms with Gasteiger partial charge >= 0.3 is 0 Å². The first-order valence-corrected chi connectivity index (χ1v) is 9.70. The van der Waals surface area contributed by atoms with Crippen LogP contribution in [0.15, 0.2) is 60.9 Å². The molecule has 0 radical (unpaired) electrons. The van der Waals surface area contributed by atoms with E-state index in [2.05, 4.69) is 20.8 Å². The van der Waals surface area contributed by atoms with Gasteiger partial charge < -0.3 is 20.3 Å². The third kappa shape index (κ3) is 3.03. The van der Waals surface area contributed by atoms with Crippen molar-refractivity contribution >= 4 is 17.3 Å². The Morgan fingerprint density at radius 1 is 1.17 bits per heavy atom. The van der Waals surface area contributed by atoms with Crippen LogP contribution in [0.2, 0.25) is 0 Å². The van der Waals surface area contributed by atoms with Gasteiger partial charge in [0.25, 0.3) is 0 Å². The number of nitrogens with zero attached hydrogens (tertiary/aromatic N) is 2. The van der Waals surface area contributed by atoms with Crippen molar-refractivity contribution in [1.29, 1.82) is 0 Å². The Morgan fingerprint density at radius 3 is 2.66 bits per heavy atom. The van der Waals surface area contributed by atoms with Crippen LogP contribution in [0.4, 0.5) is 11.4 Å². The van der Waals surface area contributed by atoms with Gasteiger partial charge in [-0.05, 0) is 29.8 Å². The number of hydrogen-bond donors (Lipinski definition) is 3. The Morgan fingerprint density at radius 2 is 2.00 bits per heavy atom. The van der Waals surface area contributed by atoms with Gasteiger partial charge in [-0.25, -0.2) is 0 Å². The number of nitrogens with one attached hydrogen (secondary N) is 3. The van der Waals surface area contributed by atoms with Gasteiger partial charge in [0, 0.05) is 54.3 Å². The van der Waals surface area contributed by atoms with E-state index in [-0.39, 0.29) is 17.4 Å². The zero-order valence-electron chi connectivity index (χ0n) is 16.2. The summed E-state index contributed by atoms with van der Waals surface area (Å²) in [4.78, 5) is 15.3. The van der Waals surface area contributed by atoms with Crippen molar-refractivity contribution in [2.45, 2.75) is 6.04 Å². The smallest absolute Gasteiger partial charge is 0.250 e. The van der Waals surface area contributed by atoms with Gasteiger partial charge in [0.2, 0.25) is 5.91 Å². The van der Waals surface area contributed by atoms with Crippen molar-refractivity contribution in [3.63, 3.8) is 0 Å². The van der Waals surface area contributed by atoms with E-state index in [9.17, 15) is 4.79 Å². The van der Waals surface area contributed by atoms with E-state index >= 15 is 0 Å². The molecule has 3 heterocycles. The van der Waals surface area contributed by atoms with E-state index in [1.54, 1.807) is 13.3 Å². The summed E-state index contributed by atoms with van der Waals surface area (Å²) in [6, 6.07) is 15.5. The van der Waals surface area contributed by atoms with Crippen LogP contribution in [0.5, 0.6) is 5.75 Å². The van der Waals surface area contributed by atoms with Gasteiger partial charge in [0.15, 0.2) is 0 Å². The van der Waals surface area contributed by atoms with E-state index in [0.717, 1.165) is 41.3 Å². The van der Waals surface area contributed by atoms with Gasteiger partial charge in [-0.3, -0.25) is 9.89 Å². The van der Waals surface area contributed by atoms with Gasteiger partial charge in [0.05, 0.1) is 13.3 Å². The molecule has 2 fully saturated rings. The average Bonchev–Trinajstić information content (AvgIpc) is 3.36. The lowest BCUT2D eigenvalue weighted by Gasteiger charge is -2.42. The molecule has 2 aliphatic heterocycles. The summed E-state index contributed by atoms with van der Waals surface area (Å²) in [5.74, 6) is 0.873. The van der Waals surface area contributed by atoms with Crippen molar-refractivity contribution in [2.75, 3.05) is 37.0 Å². The molecule has 3 N–H and O–H groups in total. The van der Waals surface area contributed by atoms with Gasteiger partial charge in [-0.15, -0.1) is 0 Å². The number of H-pyrrole nitrogens is 1. The van der Waals surface area contributed by atoms with E-state index in [1.807, 2.05) is 59.6 Å². The summed E-state index contributed by atoms with van der Waals surface area (Å²) < 4.78 is 5.32. The zero-order chi connectivity index (χ0) is 19.8. The van der Waals surface area contributed by atoms with E-state index in [1.165, 1.54) is 0 Å². The Bertz CT molecular complexity index is 1010. The summed E-state index contributed by atoms with van der Waals surface area (Å²) in [6.07, 6.45) is 3.65. The normalized spacial score (nSPS) is 20.0. The van der Waals surface area contributed by atoms with Crippen molar-refractivity contribution in [1.82, 2.24) is 15.5 Å². The van der Waals surface area contributed by atoms with E-state index in [0.29, 0.717) is 6.54 Å². The van der Waals surface area contributed by atoms with Gasteiger partial charge in [0.1, 0.15) is 11.8 Å². The molecule has 0 aliphatic carbocycles. The molecule has 148 valence electrons. The second-order valence-corrected chi connectivity index (χ2v) is 7.73. The summed E-state index contributed by atoms with van der Waals surface area (Å²) in [7, 11) is 1.64. The second-order valence-electron chi connectivity index (χ2n) is 7.73. The minimum atomic E-state index is -0.274. The molecule has 2 aliphatic rings. The molecule has 3 aromatic rings. The van der Waals surface area contributed by atoms with E-state index in [4.69, 9.17) is 4.74 Å². The van der Waals surface area contributed by atoms with Crippen molar-refractivity contribution in [3.8, 4) is 16.9 Å². The van der Waals surface area contributed by atoms with E-state index < -0.39 is 0 Å². The van der Waals surface area contributed by atoms with Gasteiger partial charge in [-0.2, -0.15) is 5.10 Å². The number of methoxy groups -OCH3 is 1. The number of amides is 1. The van der Waals surface area contributed by atoms with Crippen LogP contribution in [-0.4, -0.2) is 48.9 Å². The third-order valence-corrected chi connectivity index (χ3v) is 5.94. The summed E-state index contributed by atoms with van der Waals surface area (Å²) in [5.41, 5.74) is 3.81. The lowest BCUT2D eigenvalue weighted by atomic mass is 9.77. The highest BCUT2D eigenvalue weighted by molar-refractivity contribution is 6.02. The molecule has 0 bridgehead atoms. The molecule has 29 heavy (non-hydrogen) atoms. The number of hydrogen-bond acceptors (Lipinski definition) is 5. The number of carbonyl (C=O) groups excluding carboxylic acids is 1. The Labute approximate surface area is 169 Å². The quantitative estimate of drug-likeness (QED) is 0.625. The molecular formula is C22H23N5O2. The van der Waals surface area contributed by atoms with Gasteiger partial charge in [-0.1, -0.05) is 18.2 Å². The first kappa shape index (κ1) is 17.8. The topological polar surface area (TPSA) is 82.3 Å². The number of aromatic amines is 1. The molecule has 1 unspecified atom stereocenters. The Balaban J connectivity index is 1.40. The Kier molecular flexibility index (Phi) is 4.24. The minimum absolute atomic E-state index is 0.102. The maximum atomic E-state index is 13.4. The van der Waals surface area contributed by atoms with Crippen LogP contribution < -0.4 is 20.3 Å². The van der Waals surface area contributed by atoms with Crippen molar-refractivity contribution in [2.24, 2.45) is 5.41 Å². The molecular weight excluding hydrogens is 366 g/mol. The van der Waals surface area contributed by atoms with Crippen LogP contribution in [0, 0.1) is 5.41 Å². The molecule has 5 rings (SSSR count). The number of rotatable bonds is 5. The molecule has 2 aromatic carbocycles. The summed E-state index contributed by atoms with van der Waals surface area (Å²) in [5, 5.41) is 13.6. The standard InChI is InChI=1S/C22H23N5O2/c1-29-19-4-2-3-17(9-19)26-20-21(28)27(14-22(20)12-23-13-22)18-7-5-15(6-8-18)16-10-24-25-11-16/h2-11,20,23,26H,12-14H2,1H3,(H,24,25). The number of ether oxygens (including phenoxy) is 1. The summed E-state index contributed by atoms with van der Waals surface area (Å²) >= 11 is 0. The highest BCUT2D eigenvalue weighted by Gasteiger charge is 2.56. The second kappa shape index (κ2) is 6.93. The zero-order valence-corrected chi connectivity index (χ0v) is 16.2. The van der Waals surface area contributed by atoms with Crippen LogP contribution >= 0.6 is 0 Å². The minimum Gasteiger partial charge on any atom is -0.497 e. The predicted octanol–water partition coefficient (Wildman–Crippen LogP) is 2.50. The van der Waals surface area contributed by atoms with Crippen molar-refractivity contribution in [3.05, 3.63) is 60.9 Å². The molecule has 2 saturated heterocycles. The fraction of sp³-hybridized carbons (Fsp3) is 0.273. The molecule has 1 aromatic heterocycles. The molecule has 1 amide bonds. The van der Waals surface area contributed by atoms with Crippen LogP contribution in [0.1, 0.15) is 0 Å². The Hall–Kier alpha value is -3.32. The first-order valence-electron chi connectivity index (χ1n) is 9.70. The highest BCUT2D eigenvalue weighted by Crippen LogP contribution is 2.40. The fourth-order valence-corrected chi connectivity index (χ4v) is 4.22. The fourth-order valence-electron chi connectivity index (χ4n) is 4.22. The number of aromatic nitrogens is 2. The monoisotopic (exact) mass is 389 g/mol. The number of anilines is 2. The first-order chi connectivity index (χ1) is 14.2. The molecule has 7 heteroatoms.